The monoisotopic (exact) mass is 432 g/mol. The van der Waals surface area contributed by atoms with Crippen LogP contribution in [0.25, 0.3) is 10.8 Å². The zero-order valence-corrected chi connectivity index (χ0v) is 17.3. The van der Waals surface area contributed by atoms with Crippen molar-refractivity contribution in [2.24, 2.45) is 0 Å². The summed E-state index contributed by atoms with van der Waals surface area (Å²) in [6.07, 6.45) is 3.33. The van der Waals surface area contributed by atoms with E-state index in [2.05, 4.69) is 9.97 Å². The van der Waals surface area contributed by atoms with E-state index >= 15 is 0 Å². The van der Waals surface area contributed by atoms with Gasteiger partial charge < -0.3 is 14.9 Å². The third-order valence-electron chi connectivity index (χ3n) is 4.38. The van der Waals surface area contributed by atoms with Crippen molar-refractivity contribution in [2.75, 3.05) is 25.5 Å². The molecule has 0 saturated heterocycles. The second-order valence-electron chi connectivity index (χ2n) is 6.58. The summed E-state index contributed by atoms with van der Waals surface area (Å²) in [5, 5.41) is 11.2. The van der Waals surface area contributed by atoms with E-state index in [1.807, 2.05) is 12.1 Å². The van der Waals surface area contributed by atoms with E-state index in [0.29, 0.717) is 33.2 Å². The molecule has 3 aromatic rings. The van der Waals surface area contributed by atoms with E-state index in [-0.39, 0.29) is 18.1 Å². The van der Waals surface area contributed by atoms with Gasteiger partial charge in [-0.15, -0.1) is 0 Å². The molecule has 0 radical (unpaired) electrons. The molecule has 2 heterocycles. The molecule has 1 aromatic carbocycles. The fourth-order valence-electron chi connectivity index (χ4n) is 2.93. The lowest BCUT2D eigenvalue weighted by Crippen LogP contribution is -2.36. The maximum Gasteiger partial charge on any atom is 0.354 e. The van der Waals surface area contributed by atoms with Gasteiger partial charge in [-0.25, -0.2) is 9.78 Å². The standard InChI is InChI=1S/C20H18Cl2N4O3/c1-25(10-12-3-5-23-6-4-12)17(27)11-26(2)19-18-13(7-14(21)9-15(18)22)8-16(24-19)20(28)29/h3-9H,10-11H2,1-2H3,(H,28,29). The van der Waals surface area contributed by atoms with Crippen LogP contribution in [-0.2, 0) is 11.3 Å². The maximum atomic E-state index is 12.7. The van der Waals surface area contributed by atoms with Crippen molar-refractivity contribution in [3.8, 4) is 0 Å². The minimum absolute atomic E-state index is 0.00822. The van der Waals surface area contributed by atoms with Crippen LogP contribution in [0.1, 0.15) is 16.1 Å². The number of anilines is 1. The van der Waals surface area contributed by atoms with Gasteiger partial charge in [0.1, 0.15) is 5.82 Å². The summed E-state index contributed by atoms with van der Waals surface area (Å²) in [5.74, 6) is -1.05. The normalized spacial score (nSPS) is 10.8. The second kappa shape index (κ2) is 8.63. The van der Waals surface area contributed by atoms with E-state index in [1.54, 1.807) is 48.4 Å². The quantitative estimate of drug-likeness (QED) is 0.638. The fourth-order valence-corrected chi connectivity index (χ4v) is 3.52. The molecule has 29 heavy (non-hydrogen) atoms. The van der Waals surface area contributed by atoms with Crippen LogP contribution in [0.3, 0.4) is 0 Å². The number of aromatic nitrogens is 2. The van der Waals surface area contributed by atoms with Gasteiger partial charge in [0, 0.05) is 43.4 Å². The largest absolute Gasteiger partial charge is 0.477 e. The molecule has 0 aliphatic heterocycles. The molecule has 0 aliphatic rings. The number of benzene rings is 1. The summed E-state index contributed by atoms with van der Waals surface area (Å²) < 4.78 is 0. The Bertz CT molecular complexity index is 1080. The average Bonchev–Trinajstić information content (AvgIpc) is 2.67. The van der Waals surface area contributed by atoms with Crippen molar-refractivity contribution >= 4 is 51.7 Å². The molecule has 1 N–H and O–H groups in total. The Hall–Kier alpha value is -2.90. The third kappa shape index (κ3) is 4.75. The lowest BCUT2D eigenvalue weighted by atomic mass is 10.1. The molecule has 0 saturated carbocycles. The number of carbonyl (C=O) groups excluding carboxylic acids is 1. The van der Waals surface area contributed by atoms with Crippen LogP contribution in [0, 0.1) is 0 Å². The van der Waals surface area contributed by atoms with E-state index in [1.165, 1.54) is 6.07 Å². The summed E-state index contributed by atoms with van der Waals surface area (Å²) in [4.78, 5) is 35.5. The van der Waals surface area contributed by atoms with E-state index < -0.39 is 5.97 Å². The van der Waals surface area contributed by atoms with Crippen LogP contribution >= 0.6 is 23.2 Å². The number of carbonyl (C=O) groups is 2. The van der Waals surface area contributed by atoms with Crippen molar-refractivity contribution in [1.82, 2.24) is 14.9 Å². The van der Waals surface area contributed by atoms with E-state index in [0.717, 1.165) is 5.56 Å². The molecule has 2 aromatic heterocycles. The predicted molar refractivity (Wildman–Crippen MR) is 113 cm³/mol. The molecule has 0 fully saturated rings. The number of amides is 1. The van der Waals surface area contributed by atoms with Gasteiger partial charge in [0.25, 0.3) is 0 Å². The van der Waals surface area contributed by atoms with Crippen LogP contribution in [0.15, 0.2) is 42.7 Å². The topological polar surface area (TPSA) is 86.6 Å². The summed E-state index contributed by atoms with van der Waals surface area (Å²) in [6, 6.07) is 8.25. The Balaban J connectivity index is 1.90. The highest BCUT2D eigenvalue weighted by molar-refractivity contribution is 6.39. The van der Waals surface area contributed by atoms with Crippen LogP contribution in [0.2, 0.25) is 10.0 Å². The maximum absolute atomic E-state index is 12.7. The molecule has 3 rings (SSSR count). The molecule has 7 nitrogen and oxygen atoms in total. The molecule has 0 spiro atoms. The van der Waals surface area contributed by atoms with E-state index in [9.17, 15) is 14.7 Å². The van der Waals surface area contributed by atoms with Crippen LogP contribution in [0.4, 0.5) is 5.82 Å². The third-order valence-corrected chi connectivity index (χ3v) is 4.89. The molecular formula is C20H18Cl2N4O3. The van der Waals surface area contributed by atoms with E-state index in [4.69, 9.17) is 23.2 Å². The fraction of sp³-hybridized carbons (Fsp3) is 0.200. The summed E-state index contributed by atoms with van der Waals surface area (Å²) in [7, 11) is 3.36. The van der Waals surface area contributed by atoms with Gasteiger partial charge in [-0.3, -0.25) is 9.78 Å². The number of aromatic carboxylic acids is 1. The smallest absolute Gasteiger partial charge is 0.354 e. The average molecular weight is 433 g/mol. The molecular weight excluding hydrogens is 415 g/mol. The second-order valence-corrected chi connectivity index (χ2v) is 7.43. The highest BCUT2D eigenvalue weighted by Crippen LogP contribution is 2.34. The lowest BCUT2D eigenvalue weighted by molar-refractivity contribution is -0.128. The van der Waals surface area contributed by atoms with Gasteiger partial charge in [0.05, 0.1) is 11.6 Å². The number of rotatable bonds is 6. The van der Waals surface area contributed by atoms with Crippen molar-refractivity contribution in [3.05, 3.63) is 64.0 Å². The number of fused-ring (bicyclic) bond motifs is 1. The zero-order chi connectivity index (χ0) is 21.1. The Labute approximate surface area is 177 Å². The van der Waals surface area contributed by atoms with Gasteiger partial charge in [0.2, 0.25) is 5.91 Å². The molecule has 0 aliphatic carbocycles. The minimum atomic E-state index is -1.18. The number of carboxylic acids is 1. The molecule has 0 bridgehead atoms. The number of carboxylic acid groups (broad SMARTS) is 1. The van der Waals surface area contributed by atoms with Gasteiger partial charge in [-0.1, -0.05) is 23.2 Å². The highest BCUT2D eigenvalue weighted by Gasteiger charge is 2.20. The Kier molecular flexibility index (Phi) is 6.20. The molecule has 0 unspecified atom stereocenters. The number of likely N-dealkylation sites (N-methyl/N-ethyl adjacent to an activating group) is 2. The molecule has 9 heteroatoms. The van der Waals surface area contributed by atoms with Gasteiger partial charge >= 0.3 is 5.97 Å². The van der Waals surface area contributed by atoms with Crippen LogP contribution in [0.5, 0.6) is 0 Å². The lowest BCUT2D eigenvalue weighted by Gasteiger charge is -2.24. The Morgan fingerprint density at radius 3 is 2.45 bits per heavy atom. The predicted octanol–water partition coefficient (Wildman–Crippen LogP) is 3.73. The van der Waals surface area contributed by atoms with Gasteiger partial charge in [-0.2, -0.15) is 0 Å². The SMILES string of the molecule is CN(Cc1ccncc1)C(=O)CN(C)c1nc(C(=O)O)cc2cc(Cl)cc(Cl)c12. The Morgan fingerprint density at radius 1 is 1.10 bits per heavy atom. The van der Waals surface area contributed by atoms with Crippen molar-refractivity contribution in [3.63, 3.8) is 0 Å². The summed E-state index contributed by atoms with van der Waals surface area (Å²) in [5.41, 5.74) is 0.794. The summed E-state index contributed by atoms with van der Waals surface area (Å²) >= 11 is 12.4. The molecule has 0 atom stereocenters. The first-order valence-electron chi connectivity index (χ1n) is 8.63. The Morgan fingerprint density at radius 2 is 1.79 bits per heavy atom. The zero-order valence-electron chi connectivity index (χ0n) is 15.8. The first-order chi connectivity index (χ1) is 13.8. The molecule has 1 amide bonds. The van der Waals surface area contributed by atoms with Crippen LogP contribution < -0.4 is 4.90 Å². The van der Waals surface area contributed by atoms with Gasteiger partial charge in [-0.05, 0) is 41.3 Å². The van der Waals surface area contributed by atoms with Crippen LogP contribution in [-0.4, -0.2) is 52.5 Å². The van der Waals surface area contributed by atoms with Gasteiger partial charge in [0.15, 0.2) is 5.69 Å². The van der Waals surface area contributed by atoms with Crippen molar-refractivity contribution < 1.29 is 14.7 Å². The number of hydrogen-bond donors (Lipinski definition) is 1. The first kappa shape index (κ1) is 20.8. The number of hydrogen-bond acceptors (Lipinski definition) is 5. The molecule has 150 valence electrons. The number of pyridine rings is 2. The van der Waals surface area contributed by atoms with Crippen molar-refractivity contribution in [2.45, 2.75) is 6.54 Å². The number of halogens is 2. The highest BCUT2D eigenvalue weighted by atomic mass is 35.5. The number of nitrogens with zero attached hydrogens (tertiary/aromatic N) is 4. The van der Waals surface area contributed by atoms with Crippen molar-refractivity contribution in [1.29, 1.82) is 0 Å². The summed E-state index contributed by atoms with van der Waals surface area (Å²) in [6.45, 7) is 0.417. The minimum Gasteiger partial charge on any atom is -0.477 e. The first-order valence-corrected chi connectivity index (χ1v) is 9.39.